The molecule has 1 saturated carbocycles. The molecule has 0 aliphatic heterocycles. The lowest BCUT2D eigenvalue weighted by Gasteiger charge is -2.34. The minimum absolute atomic E-state index is 0.160. The summed E-state index contributed by atoms with van der Waals surface area (Å²) in [4.78, 5) is 2.48. The zero-order valence-electron chi connectivity index (χ0n) is 12.6. The van der Waals surface area contributed by atoms with Crippen LogP contribution in [-0.4, -0.2) is 24.5 Å². The van der Waals surface area contributed by atoms with Gasteiger partial charge in [0.1, 0.15) is 0 Å². The van der Waals surface area contributed by atoms with Crippen LogP contribution in [-0.2, 0) is 0 Å². The molecular weight excluding hydrogens is 232 g/mol. The van der Waals surface area contributed by atoms with Crippen molar-refractivity contribution in [1.29, 1.82) is 0 Å². The van der Waals surface area contributed by atoms with E-state index in [1.807, 2.05) is 0 Å². The molecule has 1 fully saturated rings. The van der Waals surface area contributed by atoms with E-state index in [4.69, 9.17) is 5.73 Å². The molecule has 0 saturated heterocycles. The van der Waals surface area contributed by atoms with Crippen LogP contribution in [0.1, 0.15) is 49.8 Å². The minimum Gasteiger partial charge on any atom is -0.326 e. The Labute approximate surface area is 118 Å². The molecule has 1 aromatic rings. The second-order valence-electron chi connectivity index (χ2n) is 6.25. The van der Waals surface area contributed by atoms with Crippen LogP contribution in [0.2, 0.25) is 0 Å². The summed E-state index contributed by atoms with van der Waals surface area (Å²) in [6.45, 7) is 5.50. The first kappa shape index (κ1) is 14.5. The Morgan fingerprint density at radius 1 is 1.26 bits per heavy atom. The number of nitrogens with zero attached hydrogens (tertiary/aromatic N) is 1. The summed E-state index contributed by atoms with van der Waals surface area (Å²) < 4.78 is 0. The van der Waals surface area contributed by atoms with Crippen LogP contribution in [0.15, 0.2) is 24.3 Å². The highest BCUT2D eigenvalue weighted by molar-refractivity contribution is 5.29. The Balaban J connectivity index is 2.13. The summed E-state index contributed by atoms with van der Waals surface area (Å²) in [7, 11) is 2.23. The highest BCUT2D eigenvalue weighted by Crippen LogP contribution is 2.30. The summed E-state index contributed by atoms with van der Waals surface area (Å²) >= 11 is 0. The van der Waals surface area contributed by atoms with Crippen molar-refractivity contribution in [3.63, 3.8) is 0 Å². The van der Waals surface area contributed by atoms with E-state index in [0.717, 1.165) is 5.92 Å². The third-order valence-electron chi connectivity index (χ3n) is 4.50. The SMILES string of the molecule is Cc1ccccc1C(C(C)N)N(C)CC1CCCC1. The molecule has 1 aliphatic carbocycles. The molecule has 0 heterocycles. The minimum atomic E-state index is 0.160. The smallest absolute Gasteiger partial charge is 0.0496 e. The van der Waals surface area contributed by atoms with Gasteiger partial charge in [-0.05, 0) is 50.8 Å². The average Bonchev–Trinajstić information content (AvgIpc) is 2.84. The van der Waals surface area contributed by atoms with E-state index in [1.165, 1.54) is 43.4 Å². The largest absolute Gasteiger partial charge is 0.326 e. The van der Waals surface area contributed by atoms with Crippen molar-refractivity contribution in [2.45, 2.75) is 51.6 Å². The van der Waals surface area contributed by atoms with Gasteiger partial charge in [0.15, 0.2) is 0 Å². The van der Waals surface area contributed by atoms with Crippen LogP contribution in [0.25, 0.3) is 0 Å². The Morgan fingerprint density at radius 3 is 2.47 bits per heavy atom. The summed E-state index contributed by atoms with van der Waals surface area (Å²) in [5.74, 6) is 0.871. The lowest BCUT2D eigenvalue weighted by Crippen LogP contribution is -2.39. The number of rotatable bonds is 5. The first-order valence-electron chi connectivity index (χ1n) is 7.61. The van der Waals surface area contributed by atoms with Crippen molar-refractivity contribution >= 4 is 0 Å². The third kappa shape index (κ3) is 3.58. The molecule has 0 bridgehead atoms. The first-order chi connectivity index (χ1) is 9.09. The van der Waals surface area contributed by atoms with E-state index >= 15 is 0 Å². The Bertz CT molecular complexity index is 394. The molecule has 2 heteroatoms. The molecule has 19 heavy (non-hydrogen) atoms. The second-order valence-corrected chi connectivity index (χ2v) is 6.25. The zero-order valence-corrected chi connectivity index (χ0v) is 12.6. The molecule has 2 atom stereocenters. The predicted octanol–water partition coefficient (Wildman–Crippen LogP) is 3.51. The van der Waals surface area contributed by atoms with Crippen LogP contribution < -0.4 is 5.73 Å². The second kappa shape index (κ2) is 6.53. The van der Waals surface area contributed by atoms with Gasteiger partial charge in [-0.1, -0.05) is 37.1 Å². The van der Waals surface area contributed by atoms with Crippen molar-refractivity contribution < 1.29 is 0 Å². The number of aryl methyl sites for hydroxylation is 1. The van der Waals surface area contributed by atoms with Crippen molar-refractivity contribution in [1.82, 2.24) is 4.90 Å². The zero-order chi connectivity index (χ0) is 13.8. The van der Waals surface area contributed by atoms with E-state index in [-0.39, 0.29) is 6.04 Å². The topological polar surface area (TPSA) is 29.3 Å². The van der Waals surface area contributed by atoms with Gasteiger partial charge < -0.3 is 5.73 Å². The normalized spacial score (nSPS) is 19.8. The summed E-state index contributed by atoms with van der Waals surface area (Å²) in [6, 6.07) is 9.15. The fourth-order valence-corrected chi connectivity index (χ4v) is 3.55. The van der Waals surface area contributed by atoms with Gasteiger partial charge in [0.05, 0.1) is 0 Å². The van der Waals surface area contributed by atoms with Gasteiger partial charge in [-0.25, -0.2) is 0 Å². The molecule has 106 valence electrons. The summed E-state index contributed by atoms with van der Waals surface area (Å²) in [6.07, 6.45) is 5.60. The predicted molar refractivity (Wildman–Crippen MR) is 82.2 cm³/mol. The van der Waals surface area contributed by atoms with E-state index < -0.39 is 0 Å². The summed E-state index contributed by atoms with van der Waals surface area (Å²) in [5.41, 5.74) is 9.01. The maximum absolute atomic E-state index is 6.27. The fraction of sp³-hybridized carbons (Fsp3) is 0.647. The molecule has 2 rings (SSSR count). The van der Waals surface area contributed by atoms with E-state index in [2.05, 4.69) is 50.1 Å². The molecule has 1 aliphatic rings. The third-order valence-corrected chi connectivity index (χ3v) is 4.50. The molecule has 0 radical (unpaired) electrons. The van der Waals surface area contributed by atoms with Crippen molar-refractivity contribution in [3.05, 3.63) is 35.4 Å². The van der Waals surface area contributed by atoms with Gasteiger partial charge in [-0.3, -0.25) is 4.90 Å². The van der Waals surface area contributed by atoms with Crippen LogP contribution in [0.4, 0.5) is 0 Å². The van der Waals surface area contributed by atoms with Gasteiger partial charge in [-0.2, -0.15) is 0 Å². The number of benzene rings is 1. The van der Waals surface area contributed by atoms with Gasteiger partial charge in [-0.15, -0.1) is 0 Å². The van der Waals surface area contributed by atoms with Crippen LogP contribution in [0, 0.1) is 12.8 Å². The average molecular weight is 260 g/mol. The molecule has 1 aromatic carbocycles. The van der Waals surface area contributed by atoms with Crippen molar-refractivity contribution in [3.8, 4) is 0 Å². The van der Waals surface area contributed by atoms with E-state index in [9.17, 15) is 0 Å². The Morgan fingerprint density at radius 2 is 1.89 bits per heavy atom. The Hall–Kier alpha value is -0.860. The Kier molecular flexibility index (Phi) is 5.00. The highest BCUT2D eigenvalue weighted by Gasteiger charge is 2.25. The van der Waals surface area contributed by atoms with Gasteiger partial charge in [0.2, 0.25) is 0 Å². The summed E-state index contributed by atoms with van der Waals surface area (Å²) in [5, 5.41) is 0. The van der Waals surface area contributed by atoms with Crippen LogP contribution in [0.3, 0.4) is 0 Å². The molecule has 2 unspecified atom stereocenters. The lowest BCUT2D eigenvalue weighted by molar-refractivity contribution is 0.187. The maximum Gasteiger partial charge on any atom is 0.0496 e. The number of hydrogen-bond donors (Lipinski definition) is 1. The van der Waals surface area contributed by atoms with Gasteiger partial charge in [0.25, 0.3) is 0 Å². The number of likely N-dealkylation sites (N-methyl/N-ethyl adjacent to an activating group) is 1. The van der Waals surface area contributed by atoms with E-state index in [0.29, 0.717) is 6.04 Å². The molecule has 0 spiro atoms. The van der Waals surface area contributed by atoms with Crippen molar-refractivity contribution in [2.75, 3.05) is 13.6 Å². The molecule has 2 N–H and O–H groups in total. The molecular formula is C17H28N2. The quantitative estimate of drug-likeness (QED) is 0.878. The highest BCUT2D eigenvalue weighted by atomic mass is 15.1. The number of nitrogens with two attached hydrogens (primary N) is 1. The van der Waals surface area contributed by atoms with E-state index in [1.54, 1.807) is 0 Å². The standard InChI is InChI=1S/C17H28N2/c1-13-8-4-7-11-16(13)17(14(2)18)19(3)12-15-9-5-6-10-15/h4,7-8,11,14-15,17H,5-6,9-10,12,18H2,1-3H3. The van der Waals surface area contributed by atoms with Gasteiger partial charge >= 0.3 is 0 Å². The fourth-order valence-electron chi connectivity index (χ4n) is 3.55. The molecule has 0 aromatic heterocycles. The van der Waals surface area contributed by atoms with Crippen LogP contribution in [0.5, 0.6) is 0 Å². The lowest BCUT2D eigenvalue weighted by atomic mass is 9.94. The van der Waals surface area contributed by atoms with Gasteiger partial charge in [0, 0.05) is 18.6 Å². The number of hydrogen-bond acceptors (Lipinski definition) is 2. The maximum atomic E-state index is 6.27. The van der Waals surface area contributed by atoms with Crippen molar-refractivity contribution in [2.24, 2.45) is 11.7 Å². The monoisotopic (exact) mass is 260 g/mol. The first-order valence-corrected chi connectivity index (χ1v) is 7.61. The molecule has 0 amide bonds. The van der Waals surface area contributed by atoms with Crippen LogP contribution >= 0.6 is 0 Å². The molecule has 2 nitrogen and oxygen atoms in total.